The summed E-state index contributed by atoms with van der Waals surface area (Å²) in [5.41, 5.74) is 5.37. The second-order valence-electron chi connectivity index (χ2n) is 2.70. The molecule has 0 aromatic rings. The van der Waals surface area contributed by atoms with Crippen LogP contribution in [-0.2, 0) is 4.74 Å². The lowest BCUT2D eigenvalue weighted by Crippen LogP contribution is -2.57. The fourth-order valence-electron chi connectivity index (χ4n) is 1.07. The Morgan fingerprint density at radius 2 is 2.00 bits per heavy atom. The van der Waals surface area contributed by atoms with Gasteiger partial charge in [0.1, 0.15) is 12.2 Å². The average Bonchev–Trinajstić information content (AvgIpc) is 2.01. The van der Waals surface area contributed by atoms with Gasteiger partial charge in [-0.2, -0.15) is 0 Å². The summed E-state index contributed by atoms with van der Waals surface area (Å²) in [6.07, 6.45) is -2.78. The molecule has 0 radical (unpaired) electrons. The Labute approximate surface area is 64.4 Å². The van der Waals surface area contributed by atoms with E-state index in [0.29, 0.717) is 0 Å². The minimum Gasteiger partial charge on any atom is -0.394 e. The molecular formula is C6H13NO4. The molecule has 1 saturated heterocycles. The van der Waals surface area contributed by atoms with E-state index in [2.05, 4.69) is 0 Å². The fraction of sp³-hybridized carbons (Fsp3) is 1.00. The van der Waals surface area contributed by atoms with Gasteiger partial charge in [0.15, 0.2) is 0 Å². The van der Waals surface area contributed by atoms with Crippen molar-refractivity contribution < 1.29 is 20.1 Å². The van der Waals surface area contributed by atoms with Crippen LogP contribution < -0.4 is 5.73 Å². The van der Waals surface area contributed by atoms with Crippen molar-refractivity contribution in [1.29, 1.82) is 0 Å². The smallest absolute Gasteiger partial charge is 0.110 e. The van der Waals surface area contributed by atoms with Gasteiger partial charge in [-0.3, -0.25) is 0 Å². The summed E-state index contributed by atoms with van der Waals surface area (Å²) in [6, 6.07) is -0.562. The molecule has 0 aromatic carbocycles. The SMILES string of the molecule is NC1COC(CO)[C@@H](O)[C@H]1O. The fourth-order valence-corrected chi connectivity index (χ4v) is 1.07. The second-order valence-corrected chi connectivity index (χ2v) is 2.70. The molecule has 0 saturated carbocycles. The zero-order valence-electron chi connectivity index (χ0n) is 6.05. The van der Waals surface area contributed by atoms with Gasteiger partial charge in [-0.1, -0.05) is 0 Å². The molecule has 0 spiro atoms. The van der Waals surface area contributed by atoms with Crippen LogP contribution in [0.5, 0.6) is 0 Å². The normalized spacial score (nSPS) is 45.8. The van der Waals surface area contributed by atoms with E-state index in [4.69, 9.17) is 15.6 Å². The Kier molecular flexibility index (Phi) is 2.80. The summed E-state index contributed by atoms with van der Waals surface area (Å²) in [6.45, 7) is -0.131. The van der Waals surface area contributed by atoms with Gasteiger partial charge in [0.25, 0.3) is 0 Å². The summed E-state index contributed by atoms with van der Waals surface area (Å²) in [5.74, 6) is 0. The molecule has 5 N–H and O–H groups in total. The van der Waals surface area contributed by atoms with E-state index in [1.807, 2.05) is 0 Å². The minimum absolute atomic E-state index is 0.170. The Morgan fingerprint density at radius 1 is 1.36 bits per heavy atom. The van der Waals surface area contributed by atoms with Crippen molar-refractivity contribution in [3.05, 3.63) is 0 Å². The number of rotatable bonds is 1. The highest BCUT2D eigenvalue weighted by atomic mass is 16.5. The summed E-state index contributed by atoms with van der Waals surface area (Å²) in [4.78, 5) is 0. The van der Waals surface area contributed by atoms with E-state index >= 15 is 0 Å². The number of aliphatic hydroxyl groups excluding tert-OH is 3. The van der Waals surface area contributed by atoms with Crippen LogP contribution in [0.2, 0.25) is 0 Å². The van der Waals surface area contributed by atoms with Crippen LogP contribution in [0, 0.1) is 0 Å². The molecule has 1 aliphatic heterocycles. The zero-order valence-corrected chi connectivity index (χ0v) is 6.05. The third-order valence-electron chi connectivity index (χ3n) is 1.85. The van der Waals surface area contributed by atoms with E-state index < -0.39 is 24.4 Å². The molecule has 2 unspecified atom stereocenters. The Hall–Kier alpha value is -0.200. The molecule has 0 amide bonds. The summed E-state index contributed by atoms with van der Waals surface area (Å²) in [7, 11) is 0. The first-order valence-corrected chi connectivity index (χ1v) is 3.51. The van der Waals surface area contributed by atoms with Gasteiger partial charge < -0.3 is 25.8 Å². The van der Waals surface area contributed by atoms with E-state index in [0.717, 1.165) is 0 Å². The van der Waals surface area contributed by atoms with Gasteiger partial charge in [-0.05, 0) is 0 Å². The third kappa shape index (κ3) is 1.69. The first kappa shape index (κ1) is 8.89. The van der Waals surface area contributed by atoms with E-state index in [-0.39, 0.29) is 13.2 Å². The molecule has 1 heterocycles. The van der Waals surface area contributed by atoms with Gasteiger partial charge >= 0.3 is 0 Å². The maximum atomic E-state index is 9.19. The third-order valence-corrected chi connectivity index (χ3v) is 1.85. The van der Waals surface area contributed by atoms with Crippen molar-refractivity contribution in [3.63, 3.8) is 0 Å². The van der Waals surface area contributed by atoms with Gasteiger partial charge in [0.05, 0.1) is 25.4 Å². The lowest BCUT2D eigenvalue weighted by molar-refractivity contribution is -0.156. The summed E-state index contributed by atoms with van der Waals surface area (Å²) >= 11 is 0. The predicted octanol–water partition coefficient (Wildman–Crippen LogP) is -2.57. The Balaban J connectivity index is 2.52. The average molecular weight is 163 g/mol. The molecule has 1 aliphatic rings. The van der Waals surface area contributed by atoms with Gasteiger partial charge in [-0.25, -0.2) is 0 Å². The standard InChI is InChI=1S/C6H13NO4/c7-3-2-11-4(1-8)6(10)5(3)9/h3-6,8-10H,1-2,7H2/t3?,4?,5-,6+/m0/s1. The Morgan fingerprint density at radius 3 is 2.55 bits per heavy atom. The molecule has 5 heteroatoms. The largest absolute Gasteiger partial charge is 0.394 e. The monoisotopic (exact) mass is 163 g/mol. The summed E-state index contributed by atoms with van der Waals surface area (Å²) in [5, 5.41) is 27.0. The van der Waals surface area contributed by atoms with E-state index in [9.17, 15) is 10.2 Å². The van der Waals surface area contributed by atoms with Crippen LogP contribution in [0.15, 0.2) is 0 Å². The maximum absolute atomic E-state index is 9.19. The number of hydrogen-bond acceptors (Lipinski definition) is 5. The van der Waals surface area contributed by atoms with Crippen molar-refractivity contribution in [2.24, 2.45) is 5.73 Å². The molecule has 0 bridgehead atoms. The quantitative estimate of drug-likeness (QED) is 0.340. The topological polar surface area (TPSA) is 95.9 Å². The Bertz CT molecular complexity index is 130. The molecule has 0 aromatic heterocycles. The van der Waals surface area contributed by atoms with Crippen molar-refractivity contribution >= 4 is 0 Å². The lowest BCUT2D eigenvalue weighted by atomic mass is 9.99. The van der Waals surface area contributed by atoms with Crippen molar-refractivity contribution in [1.82, 2.24) is 0 Å². The number of hydrogen-bond donors (Lipinski definition) is 4. The molecule has 0 aliphatic carbocycles. The van der Waals surface area contributed by atoms with Crippen LogP contribution in [0.4, 0.5) is 0 Å². The van der Waals surface area contributed by atoms with Crippen LogP contribution in [0.25, 0.3) is 0 Å². The van der Waals surface area contributed by atoms with Crippen LogP contribution in [0.3, 0.4) is 0 Å². The predicted molar refractivity (Wildman–Crippen MR) is 36.8 cm³/mol. The second kappa shape index (κ2) is 3.46. The van der Waals surface area contributed by atoms with Gasteiger partial charge in [0, 0.05) is 0 Å². The highest BCUT2D eigenvalue weighted by Crippen LogP contribution is 2.13. The zero-order chi connectivity index (χ0) is 8.43. The molecule has 5 nitrogen and oxygen atoms in total. The molecule has 4 atom stereocenters. The number of nitrogens with two attached hydrogens (primary N) is 1. The lowest BCUT2D eigenvalue weighted by Gasteiger charge is -2.34. The molecule has 11 heavy (non-hydrogen) atoms. The van der Waals surface area contributed by atoms with Crippen LogP contribution in [-0.4, -0.2) is 52.9 Å². The number of aliphatic hydroxyl groups is 3. The number of ether oxygens (including phenoxy) is 1. The van der Waals surface area contributed by atoms with Crippen molar-refractivity contribution in [3.8, 4) is 0 Å². The first-order valence-electron chi connectivity index (χ1n) is 3.51. The van der Waals surface area contributed by atoms with E-state index in [1.165, 1.54) is 0 Å². The minimum atomic E-state index is -1.08. The molecule has 1 fully saturated rings. The highest BCUT2D eigenvalue weighted by Gasteiger charge is 2.35. The van der Waals surface area contributed by atoms with Gasteiger partial charge in [0.2, 0.25) is 0 Å². The molecule has 66 valence electrons. The highest BCUT2D eigenvalue weighted by molar-refractivity contribution is 4.88. The first-order chi connectivity index (χ1) is 5.16. The van der Waals surface area contributed by atoms with Gasteiger partial charge in [-0.15, -0.1) is 0 Å². The van der Waals surface area contributed by atoms with Crippen molar-refractivity contribution in [2.75, 3.05) is 13.2 Å². The summed E-state index contributed by atoms with van der Waals surface area (Å²) < 4.78 is 4.94. The molecule has 1 rings (SSSR count). The van der Waals surface area contributed by atoms with E-state index in [1.54, 1.807) is 0 Å². The van der Waals surface area contributed by atoms with Crippen LogP contribution in [0.1, 0.15) is 0 Å². The van der Waals surface area contributed by atoms with Crippen LogP contribution >= 0.6 is 0 Å². The maximum Gasteiger partial charge on any atom is 0.110 e. The molecular weight excluding hydrogens is 150 g/mol. The van der Waals surface area contributed by atoms with Crippen molar-refractivity contribution in [2.45, 2.75) is 24.4 Å².